The molecule has 0 unspecified atom stereocenters. The van der Waals surface area contributed by atoms with E-state index in [9.17, 15) is 4.79 Å². The van der Waals surface area contributed by atoms with Gasteiger partial charge in [-0.2, -0.15) is 0 Å². The van der Waals surface area contributed by atoms with Crippen LogP contribution in [0, 0.1) is 0 Å². The number of nitrogens with one attached hydrogen (secondary N) is 2. The molecule has 0 saturated heterocycles. The number of carbonyl (C=O) groups excluding carboxylic acids is 1. The van der Waals surface area contributed by atoms with Crippen molar-refractivity contribution in [3.63, 3.8) is 0 Å². The van der Waals surface area contributed by atoms with E-state index in [1.54, 1.807) is 18.5 Å². The topological polar surface area (TPSA) is 70.9 Å². The van der Waals surface area contributed by atoms with Gasteiger partial charge in [0.05, 0.1) is 5.56 Å². The first-order chi connectivity index (χ1) is 5.84. The quantitative estimate of drug-likeness (QED) is 0.556. The van der Waals surface area contributed by atoms with Crippen LogP contribution < -0.4 is 11.1 Å². The van der Waals surface area contributed by atoms with E-state index in [0.717, 1.165) is 6.42 Å². The number of amides is 1. The van der Waals surface area contributed by atoms with Gasteiger partial charge in [-0.3, -0.25) is 4.79 Å². The van der Waals surface area contributed by atoms with E-state index in [4.69, 9.17) is 5.73 Å². The molecule has 0 atom stereocenters. The van der Waals surface area contributed by atoms with Crippen LogP contribution >= 0.6 is 0 Å². The largest absolute Gasteiger partial charge is 0.367 e. The van der Waals surface area contributed by atoms with Crippen LogP contribution in [0.25, 0.3) is 0 Å². The molecule has 66 valence electrons. The van der Waals surface area contributed by atoms with E-state index >= 15 is 0 Å². The number of hydrogen-bond acceptors (Lipinski definition) is 2. The first kappa shape index (κ1) is 8.80. The standard InChI is InChI=1S/C8H13N3O/c9-3-1-4-11-8(12)7-2-5-10-6-7/h2,5-6,10H,1,3-4,9H2,(H,11,12). The van der Waals surface area contributed by atoms with Crippen molar-refractivity contribution in [3.8, 4) is 0 Å². The lowest BCUT2D eigenvalue weighted by atomic mass is 10.3. The zero-order valence-electron chi connectivity index (χ0n) is 6.84. The molecule has 0 aliphatic rings. The van der Waals surface area contributed by atoms with Crippen molar-refractivity contribution in [1.82, 2.24) is 10.3 Å². The van der Waals surface area contributed by atoms with E-state index in [2.05, 4.69) is 10.3 Å². The average molecular weight is 167 g/mol. The van der Waals surface area contributed by atoms with Crippen molar-refractivity contribution in [2.24, 2.45) is 5.73 Å². The van der Waals surface area contributed by atoms with Crippen LogP contribution in [-0.4, -0.2) is 24.0 Å². The van der Waals surface area contributed by atoms with Crippen LogP contribution in [0.3, 0.4) is 0 Å². The number of aromatic nitrogens is 1. The lowest BCUT2D eigenvalue weighted by Gasteiger charge is -2.00. The smallest absolute Gasteiger partial charge is 0.252 e. The number of nitrogens with two attached hydrogens (primary N) is 1. The van der Waals surface area contributed by atoms with Gasteiger partial charge in [-0.05, 0) is 19.0 Å². The molecule has 1 amide bonds. The second kappa shape index (κ2) is 4.56. The van der Waals surface area contributed by atoms with Crippen LogP contribution in [0.1, 0.15) is 16.8 Å². The highest BCUT2D eigenvalue weighted by atomic mass is 16.1. The molecule has 0 aromatic carbocycles. The molecule has 0 spiro atoms. The molecule has 4 N–H and O–H groups in total. The third kappa shape index (κ3) is 2.39. The van der Waals surface area contributed by atoms with E-state index in [1.165, 1.54) is 0 Å². The van der Waals surface area contributed by atoms with Gasteiger partial charge in [0.2, 0.25) is 0 Å². The number of carbonyl (C=O) groups is 1. The molecule has 0 fully saturated rings. The second-order valence-corrected chi connectivity index (χ2v) is 2.50. The summed E-state index contributed by atoms with van der Waals surface area (Å²) in [7, 11) is 0. The van der Waals surface area contributed by atoms with E-state index in [0.29, 0.717) is 18.7 Å². The number of hydrogen-bond donors (Lipinski definition) is 3. The highest BCUT2D eigenvalue weighted by molar-refractivity contribution is 5.93. The van der Waals surface area contributed by atoms with Gasteiger partial charge in [0.15, 0.2) is 0 Å². The summed E-state index contributed by atoms with van der Waals surface area (Å²) in [5.41, 5.74) is 5.94. The lowest BCUT2D eigenvalue weighted by Crippen LogP contribution is -2.25. The molecule has 0 aliphatic carbocycles. The Morgan fingerprint density at radius 1 is 1.67 bits per heavy atom. The van der Waals surface area contributed by atoms with Gasteiger partial charge >= 0.3 is 0 Å². The fourth-order valence-electron chi connectivity index (χ4n) is 0.871. The van der Waals surface area contributed by atoms with E-state index in [-0.39, 0.29) is 5.91 Å². The molecular weight excluding hydrogens is 154 g/mol. The maximum absolute atomic E-state index is 11.2. The molecule has 0 saturated carbocycles. The Balaban J connectivity index is 2.30. The van der Waals surface area contributed by atoms with Crippen molar-refractivity contribution in [2.75, 3.05) is 13.1 Å². The monoisotopic (exact) mass is 167 g/mol. The predicted octanol–water partition coefficient (Wildman–Crippen LogP) is 0.0933. The van der Waals surface area contributed by atoms with Crippen LogP contribution in [0.2, 0.25) is 0 Å². The SMILES string of the molecule is NCCCNC(=O)c1cc[nH]c1. The van der Waals surface area contributed by atoms with Gasteiger partial charge in [-0.1, -0.05) is 0 Å². The van der Waals surface area contributed by atoms with Gasteiger partial charge in [-0.25, -0.2) is 0 Å². The van der Waals surface area contributed by atoms with Crippen LogP contribution in [0.5, 0.6) is 0 Å². The molecule has 12 heavy (non-hydrogen) atoms. The van der Waals surface area contributed by atoms with Gasteiger partial charge in [0, 0.05) is 18.9 Å². The molecule has 4 heteroatoms. The predicted molar refractivity (Wildman–Crippen MR) is 46.8 cm³/mol. The van der Waals surface area contributed by atoms with Crippen molar-refractivity contribution in [2.45, 2.75) is 6.42 Å². The van der Waals surface area contributed by atoms with Crippen molar-refractivity contribution < 1.29 is 4.79 Å². The van der Waals surface area contributed by atoms with Gasteiger partial charge in [0.1, 0.15) is 0 Å². The number of rotatable bonds is 4. The molecule has 1 aromatic heterocycles. The summed E-state index contributed by atoms with van der Waals surface area (Å²) in [5, 5.41) is 2.75. The first-order valence-corrected chi connectivity index (χ1v) is 3.95. The average Bonchev–Trinajstić information content (AvgIpc) is 2.56. The molecule has 1 aromatic rings. The Morgan fingerprint density at radius 3 is 3.08 bits per heavy atom. The Kier molecular flexibility index (Phi) is 3.35. The van der Waals surface area contributed by atoms with Crippen molar-refractivity contribution in [3.05, 3.63) is 24.0 Å². The van der Waals surface area contributed by atoms with E-state index in [1.807, 2.05) is 0 Å². The van der Waals surface area contributed by atoms with Crippen LogP contribution in [0.15, 0.2) is 18.5 Å². The van der Waals surface area contributed by atoms with E-state index < -0.39 is 0 Å². The summed E-state index contributed by atoms with van der Waals surface area (Å²) in [5.74, 6) is -0.0512. The Bertz CT molecular complexity index is 230. The minimum absolute atomic E-state index is 0.0512. The molecule has 0 radical (unpaired) electrons. The summed E-state index contributed by atoms with van der Waals surface area (Å²) < 4.78 is 0. The molecule has 4 nitrogen and oxygen atoms in total. The molecular formula is C8H13N3O. The zero-order chi connectivity index (χ0) is 8.81. The lowest BCUT2D eigenvalue weighted by molar-refractivity contribution is 0.0953. The maximum Gasteiger partial charge on any atom is 0.252 e. The number of H-pyrrole nitrogens is 1. The first-order valence-electron chi connectivity index (χ1n) is 3.95. The normalized spacial score (nSPS) is 9.75. The van der Waals surface area contributed by atoms with Gasteiger partial charge < -0.3 is 16.0 Å². The molecule has 0 bridgehead atoms. The third-order valence-corrected chi connectivity index (χ3v) is 1.53. The molecule has 1 rings (SSSR count). The Hall–Kier alpha value is -1.29. The minimum atomic E-state index is -0.0512. The fourth-order valence-corrected chi connectivity index (χ4v) is 0.871. The maximum atomic E-state index is 11.2. The minimum Gasteiger partial charge on any atom is -0.367 e. The Morgan fingerprint density at radius 2 is 2.50 bits per heavy atom. The van der Waals surface area contributed by atoms with Crippen molar-refractivity contribution in [1.29, 1.82) is 0 Å². The summed E-state index contributed by atoms with van der Waals surface area (Å²) >= 11 is 0. The summed E-state index contributed by atoms with van der Waals surface area (Å²) in [6.07, 6.45) is 4.20. The summed E-state index contributed by atoms with van der Waals surface area (Å²) in [6.45, 7) is 1.24. The highest BCUT2D eigenvalue weighted by Gasteiger charge is 2.02. The highest BCUT2D eigenvalue weighted by Crippen LogP contribution is 1.94. The summed E-state index contributed by atoms with van der Waals surface area (Å²) in [6, 6.07) is 1.73. The van der Waals surface area contributed by atoms with Gasteiger partial charge in [-0.15, -0.1) is 0 Å². The summed E-state index contributed by atoms with van der Waals surface area (Å²) in [4.78, 5) is 14.0. The Labute approximate surface area is 71.2 Å². The zero-order valence-corrected chi connectivity index (χ0v) is 6.84. The van der Waals surface area contributed by atoms with Gasteiger partial charge in [0.25, 0.3) is 5.91 Å². The number of aromatic amines is 1. The third-order valence-electron chi connectivity index (χ3n) is 1.53. The fraction of sp³-hybridized carbons (Fsp3) is 0.375. The van der Waals surface area contributed by atoms with Crippen LogP contribution in [-0.2, 0) is 0 Å². The molecule has 1 heterocycles. The van der Waals surface area contributed by atoms with Crippen molar-refractivity contribution >= 4 is 5.91 Å². The van der Waals surface area contributed by atoms with Crippen LogP contribution in [0.4, 0.5) is 0 Å². The molecule has 0 aliphatic heterocycles. The second-order valence-electron chi connectivity index (χ2n) is 2.50.